The van der Waals surface area contributed by atoms with Gasteiger partial charge in [-0.25, -0.2) is 5.01 Å². The topological polar surface area (TPSA) is 24.8 Å². The zero-order chi connectivity index (χ0) is 17.6. The van der Waals surface area contributed by atoms with Gasteiger partial charge in [0.05, 0.1) is 11.8 Å². The van der Waals surface area contributed by atoms with Crippen LogP contribution < -0.4 is 4.74 Å². The van der Waals surface area contributed by atoms with Crippen molar-refractivity contribution < 1.29 is 4.74 Å². The molecule has 0 N–H and O–H groups in total. The van der Waals surface area contributed by atoms with Crippen molar-refractivity contribution in [2.45, 2.75) is 25.1 Å². The molecule has 0 amide bonds. The minimum atomic E-state index is -0.628. The van der Waals surface area contributed by atoms with Crippen LogP contribution in [0.4, 0.5) is 0 Å². The lowest BCUT2D eigenvalue weighted by Crippen LogP contribution is -2.48. The summed E-state index contributed by atoms with van der Waals surface area (Å²) < 4.78 is 6.52. The molecule has 5 rings (SSSR count). The van der Waals surface area contributed by atoms with Crippen LogP contribution in [-0.2, 0) is 5.72 Å². The lowest BCUT2D eigenvalue weighted by molar-refractivity contribution is -0.112. The summed E-state index contributed by atoms with van der Waals surface area (Å²) in [5.74, 6) is 0.949. The van der Waals surface area contributed by atoms with Gasteiger partial charge < -0.3 is 4.74 Å². The first-order valence-corrected chi connectivity index (χ1v) is 9.01. The molecule has 0 radical (unpaired) electrons. The third-order valence-corrected chi connectivity index (χ3v) is 5.35. The first-order chi connectivity index (χ1) is 12.8. The summed E-state index contributed by atoms with van der Waals surface area (Å²) in [5.41, 5.74) is 3.97. The standard InChI is InChI=1S/C23H20N2O/c1-23(18-12-6-3-7-13-18)25-21(19-14-8-9-15-22(19)26-23)16-20(24-25)17-10-4-2-5-11-17/h2-15,21H,16H2,1H3/t21-,23+/m0/s1. The molecule has 3 aromatic carbocycles. The van der Waals surface area contributed by atoms with Crippen molar-refractivity contribution in [1.82, 2.24) is 5.01 Å². The van der Waals surface area contributed by atoms with E-state index in [1.54, 1.807) is 0 Å². The van der Waals surface area contributed by atoms with Gasteiger partial charge in [0.25, 0.3) is 0 Å². The largest absolute Gasteiger partial charge is 0.462 e. The van der Waals surface area contributed by atoms with Crippen LogP contribution in [-0.4, -0.2) is 10.7 Å². The monoisotopic (exact) mass is 340 g/mol. The normalized spacial score (nSPS) is 23.7. The van der Waals surface area contributed by atoms with Crippen LogP contribution in [0.1, 0.15) is 36.1 Å². The molecule has 2 atom stereocenters. The highest BCUT2D eigenvalue weighted by molar-refractivity contribution is 6.01. The lowest BCUT2D eigenvalue weighted by atomic mass is 9.92. The summed E-state index contributed by atoms with van der Waals surface area (Å²) in [6.45, 7) is 2.11. The van der Waals surface area contributed by atoms with Gasteiger partial charge in [-0.2, -0.15) is 5.10 Å². The Morgan fingerprint density at radius 2 is 1.54 bits per heavy atom. The Bertz CT molecular complexity index is 968. The van der Waals surface area contributed by atoms with Crippen molar-refractivity contribution in [3.05, 3.63) is 102 Å². The van der Waals surface area contributed by atoms with Gasteiger partial charge in [-0.15, -0.1) is 0 Å². The Morgan fingerprint density at radius 3 is 2.31 bits per heavy atom. The first-order valence-electron chi connectivity index (χ1n) is 9.01. The third-order valence-electron chi connectivity index (χ3n) is 5.35. The Labute approximate surface area is 153 Å². The molecular weight excluding hydrogens is 320 g/mol. The van der Waals surface area contributed by atoms with E-state index in [1.807, 2.05) is 18.2 Å². The Kier molecular flexibility index (Phi) is 3.35. The number of ether oxygens (including phenoxy) is 1. The van der Waals surface area contributed by atoms with E-state index in [-0.39, 0.29) is 6.04 Å². The molecule has 128 valence electrons. The molecule has 0 unspecified atom stereocenters. The molecule has 0 saturated heterocycles. The maximum Gasteiger partial charge on any atom is 0.221 e. The molecule has 2 aliphatic heterocycles. The van der Waals surface area contributed by atoms with Crippen molar-refractivity contribution in [1.29, 1.82) is 0 Å². The van der Waals surface area contributed by atoms with Crippen LogP contribution in [0.2, 0.25) is 0 Å². The summed E-state index contributed by atoms with van der Waals surface area (Å²) in [4.78, 5) is 0. The lowest BCUT2D eigenvalue weighted by Gasteiger charge is -2.46. The second-order valence-electron chi connectivity index (χ2n) is 6.97. The number of para-hydroxylation sites is 1. The van der Waals surface area contributed by atoms with Crippen LogP contribution in [0, 0.1) is 0 Å². The highest BCUT2D eigenvalue weighted by atomic mass is 16.5. The number of rotatable bonds is 2. The zero-order valence-corrected chi connectivity index (χ0v) is 14.7. The Balaban J connectivity index is 1.66. The summed E-state index contributed by atoms with van der Waals surface area (Å²) in [6, 6.07) is 29.3. The van der Waals surface area contributed by atoms with E-state index < -0.39 is 5.72 Å². The number of benzene rings is 3. The van der Waals surface area contributed by atoms with E-state index in [4.69, 9.17) is 9.84 Å². The number of hydrogen-bond acceptors (Lipinski definition) is 3. The van der Waals surface area contributed by atoms with Crippen LogP contribution in [0.25, 0.3) is 0 Å². The van der Waals surface area contributed by atoms with Gasteiger partial charge in [0.1, 0.15) is 5.75 Å². The average Bonchev–Trinajstić information content (AvgIpc) is 3.16. The van der Waals surface area contributed by atoms with E-state index in [9.17, 15) is 0 Å². The Hall–Kier alpha value is -3.07. The van der Waals surface area contributed by atoms with Crippen molar-refractivity contribution >= 4 is 5.71 Å². The van der Waals surface area contributed by atoms with Crippen LogP contribution in [0.5, 0.6) is 5.75 Å². The number of hydrogen-bond donors (Lipinski definition) is 0. The van der Waals surface area contributed by atoms with Gasteiger partial charge in [-0.1, -0.05) is 78.9 Å². The molecule has 3 nitrogen and oxygen atoms in total. The molecule has 2 aliphatic rings. The zero-order valence-electron chi connectivity index (χ0n) is 14.7. The van der Waals surface area contributed by atoms with Crippen LogP contribution >= 0.6 is 0 Å². The second-order valence-corrected chi connectivity index (χ2v) is 6.97. The fourth-order valence-corrected chi connectivity index (χ4v) is 4.00. The van der Waals surface area contributed by atoms with E-state index >= 15 is 0 Å². The van der Waals surface area contributed by atoms with Crippen molar-refractivity contribution in [2.75, 3.05) is 0 Å². The van der Waals surface area contributed by atoms with Gasteiger partial charge >= 0.3 is 0 Å². The van der Waals surface area contributed by atoms with E-state index in [2.05, 4.69) is 78.7 Å². The number of fused-ring (bicyclic) bond motifs is 3. The van der Waals surface area contributed by atoms with Crippen LogP contribution in [0.3, 0.4) is 0 Å². The molecule has 0 bridgehead atoms. The highest BCUT2D eigenvalue weighted by Crippen LogP contribution is 2.50. The fraction of sp³-hybridized carbons (Fsp3) is 0.174. The molecule has 2 heterocycles. The summed E-state index contributed by atoms with van der Waals surface area (Å²) in [6.07, 6.45) is 0.882. The first kappa shape index (κ1) is 15.2. The Morgan fingerprint density at radius 1 is 0.885 bits per heavy atom. The molecule has 0 saturated carbocycles. The smallest absolute Gasteiger partial charge is 0.221 e. The fourth-order valence-electron chi connectivity index (χ4n) is 4.00. The molecule has 0 aliphatic carbocycles. The third kappa shape index (κ3) is 2.24. The molecule has 0 spiro atoms. The average molecular weight is 340 g/mol. The quantitative estimate of drug-likeness (QED) is 0.648. The summed E-state index contributed by atoms with van der Waals surface area (Å²) >= 11 is 0. The van der Waals surface area contributed by atoms with Crippen molar-refractivity contribution in [3.8, 4) is 5.75 Å². The number of nitrogens with zero attached hydrogens (tertiary/aromatic N) is 2. The second kappa shape index (κ2) is 5.73. The van der Waals surface area contributed by atoms with Gasteiger partial charge in [-0.3, -0.25) is 0 Å². The van der Waals surface area contributed by atoms with Gasteiger partial charge in [0.2, 0.25) is 5.72 Å². The molecule has 0 fully saturated rings. The SMILES string of the molecule is C[C@]1(c2ccccc2)Oc2ccccc2[C@@H]2CC(c3ccccc3)=NN21. The molecule has 0 aromatic heterocycles. The summed E-state index contributed by atoms with van der Waals surface area (Å²) in [5, 5.41) is 7.18. The van der Waals surface area contributed by atoms with E-state index in [1.165, 1.54) is 11.1 Å². The molecule has 3 heteroatoms. The number of hydrazone groups is 1. The van der Waals surface area contributed by atoms with Gasteiger partial charge in [0, 0.05) is 24.5 Å². The van der Waals surface area contributed by atoms with Gasteiger partial charge in [-0.05, 0) is 11.6 Å². The van der Waals surface area contributed by atoms with E-state index in [0.717, 1.165) is 23.4 Å². The van der Waals surface area contributed by atoms with E-state index in [0.29, 0.717) is 0 Å². The summed E-state index contributed by atoms with van der Waals surface area (Å²) in [7, 11) is 0. The highest BCUT2D eigenvalue weighted by Gasteiger charge is 2.48. The molecule has 26 heavy (non-hydrogen) atoms. The predicted molar refractivity (Wildman–Crippen MR) is 103 cm³/mol. The van der Waals surface area contributed by atoms with Crippen molar-refractivity contribution in [3.63, 3.8) is 0 Å². The van der Waals surface area contributed by atoms with Gasteiger partial charge in [0.15, 0.2) is 0 Å². The maximum absolute atomic E-state index is 6.52. The molecular formula is C23H20N2O. The predicted octanol–water partition coefficient (Wildman–Crippen LogP) is 5.10. The minimum Gasteiger partial charge on any atom is -0.462 e. The molecule has 3 aromatic rings. The van der Waals surface area contributed by atoms with Crippen LogP contribution in [0.15, 0.2) is 90.0 Å². The minimum absolute atomic E-state index is 0.181. The van der Waals surface area contributed by atoms with Crippen molar-refractivity contribution in [2.24, 2.45) is 5.10 Å². The maximum atomic E-state index is 6.52.